The predicted molar refractivity (Wildman–Crippen MR) is 87.0 cm³/mol. The van der Waals surface area contributed by atoms with Crippen molar-refractivity contribution in [2.75, 3.05) is 13.1 Å². The van der Waals surface area contributed by atoms with Crippen LogP contribution in [-0.4, -0.2) is 22.3 Å². The van der Waals surface area contributed by atoms with E-state index < -0.39 is 0 Å². The molecule has 2 nitrogen and oxygen atoms in total. The van der Waals surface area contributed by atoms with E-state index >= 15 is 0 Å². The molecule has 0 bridgehead atoms. The maximum Gasteiger partial charge on any atom is 0.136 e. The molecule has 0 atom stereocenters. The number of hydrogen-bond acceptors (Lipinski definition) is 3. The second-order valence-electron chi connectivity index (χ2n) is 4.29. The Hall–Kier alpha value is -1.05. The third kappa shape index (κ3) is 6.60. The normalized spacial score (nSPS) is 9.89. The molecule has 1 rings (SSSR count). The van der Waals surface area contributed by atoms with Gasteiger partial charge in [0.05, 0.1) is 12.5 Å². The van der Waals surface area contributed by atoms with Crippen molar-refractivity contribution in [3.8, 4) is 6.07 Å². The van der Waals surface area contributed by atoms with Crippen molar-refractivity contribution >= 4 is 28.3 Å². The van der Waals surface area contributed by atoms with Crippen LogP contribution >= 0.6 is 24.0 Å². The fourth-order valence-electron chi connectivity index (χ4n) is 1.64. The molecule has 0 fully saturated rings. The third-order valence-corrected chi connectivity index (χ3v) is 4.33. The highest BCUT2D eigenvalue weighted by Crippen LogP contribution is 2.17. The summed E-state index contributed by atoms with van der Waals surface area (Å²) in [6.07, 6.45) is 2.81. The highest BCUT2D eigenvalue weighted by molar-refractivity contribution is 8.22. The van der Waals surface area contributed by atoms with E-state index in [-0.39, 0.29) is 0 Å². The van der Waals surface area contributed by atoms with Crippen molar-refractivity contribution in [1.29, 1.82) is 5.26 Å². The van der Waals surface area contributed by atoms with Crippen LogP contribution in [0.4, 0.5) is 0 Å². The van der Waals surface area contributed by atoms with E-state index in [1.807, 2.05) is 18.2 Å². The summed E-state index contributed by atoms with van der Waals surface area (Å²) in [5, 5.41) is 8.70. The largest absolute Gasteiger partial charge is 0.356 e. The van der Waals surface area contributed by atoms with E-state index in [2.05, 4.69) is 30.0 Å². The zero-order chi connectivity index (χ0) is 13.9. The van der Waals surface area contributed by atoms with Gasteiger partial charge in [0.15, 0.2) is 0 Å². The Morgan fingerprint density at radius 3 is 2.68 bits per heavy atom. The minimum absolute atomic E-state index is 0.537. The van der Waals surface area contributed by atoms with Crippen LogP contribution in [0.5, 0.6) is 0 Å². The molecule has 0 aliphatic carbocycles. The summed E-state index contributed by atoms with van der Waals surface area (Å²) in [6, 6.07) is 12.5. The number of nitriles is 1. The van der Waals surface area contributed by atoms with Crippen LogP contribution in [0.25, 0.3) is 0 Å². The number of thioether (sulfide) groups is 1. The molecule has 102 valence electrons. The molecule has 0 heterocycles. The van der Waals surface area contributed by atoms with E-state index in [9.17, 15) is 0 Å². The predicted octanol–water partition coefficient (Wildman–Crippen LogP) is 4.22. The molecular formula is C15H20N2S2. The summed E-state index contributed by atoms with van der Waals surface area (Å²) in [5.74, 6) is 0.898. The Bertz CT molecular complexity index is 412. The summed E-state index contributed by atoms with van der Waals surface area (Å²) in [4.78, 5) is 2.16. The minimum atomic E-state index is 0.537. The number of benzene rings is 1. The number of thiocarbonyl (C=S) groups is 1. The Labute approximate surface area is 125 Å². The van der Waals surface area contributed by atoms with Crippen molar-refractivity contribution in [1.82, 2.24) is 4.90 Å². The Morgan fingerprint density at radius 1 is 1.32 bits per heavy atom. The van der Waals surface area contributed by atoms with E-state index in [4.69, 9.17) is 17.5 Å². The molecule has 4 heteroatoms. The molecule has 0 aliphatic rings. The zero-order valence-corrected chi connectivity index (χ0v) is 13.0. The quantitative estimate of drug-likeness (QED) is 0.703. The van der Waals surface area contributed by atoms with Crippen LogP contribution in [0, 0.1) is 11.3 Å². The van der Waals surface area contributed by atoms with Crippen LogP contribution < -0.4 is 0 Å². The van der Waals surface area contributed by atoms with E-state index in [1.54, 1.807) is 11.8 Å². The van der Waals surface area contributed by atoms with Crippen LogP contribution in [0.3, 0.4) is 0 Å². The average molecular weight is 292 g/mol. The van der Waals surface area contributed by atoms with Crippen molar-refractivity contribution in [3.63, 3.8) is 0 Å². The summed E-state index contributed by atoms with van der Waals surface area (Å²) < 4.78 is 0.910. The van der Waals surface area contributed by atoms with Crippen molar-refractivity contribution in [2.45, 2.75) is 31.9 Å². The van der Waals surface area contributed by atoms with E-state index in [0.717, 1.165) is 36.0 Å². The first-order chi connectivity index (χ1) is 9.27. The van der Waals surface area contributed by atoms with Crippen LogP contribution in [0.1, 0.15) is 31.7 Å². The van der Waals surface area contributed by atoms with Gasteiger partial charge in [-0.3, -0.25) is 0 Å². The summed E-state index contributed by atoms with van der Waals surface area (Å²) >= 11 is 7.17. The molecule has 0 spiro atoms. The van der Waals surface area contributed by atoms with Crippen molar-refractivity contribution in [2.24, 2.45) is 0 Å². The molecular weight excluding hydrogens is 272 g/mol. The lowest BCUT2D eigenvalue weighted by molar-refractivity contribution is 0.429. The number of unbranched alkanes of at least 4 members (excludes halogenated alkanes) is 1. The smallest absolute Gasteiger partial charge is 0.136 e. The van der Waals surface area contributed by atoms with E-state index in [1.165, 1.54) is 5.56 Å². The fraction of sp³-hybridized carbons (Fsp3) is 0.467. The average Bonchev–Trinajstić information content (AvgIpc) is 2.46. The van der Waals surface area contributed by atoms with Crippen LogP contribution in [-0.2, 0) is 5.75 Å². The fourth-order valence-corrected chi connectivity index (χ4v) is 2.85. The second-order valence-corrected chi connectivity index (χ2v) is 5.90. The molecule has 1 aromatic carbocycles. The van der Waals surface area contributed by atoms with Gasteiger partial charge in [-0.1, -0.05) is 67.7 Å². The first-order valence-corrected chi connectivity index (χ1v) is 8.00. The van der Waals surface area contributed by atoms with Gasteiger partial charge < -0.3 is 4.90 Å². The number of hydrogen-bond donors (Lipinski definition) is 0. The van der Waals surface area contributed by atoms with Gasteiger partial charge in [-0.25, -0.2) is 0 Å². The van der Waals surface area contributed by atoms with Crippen molar-refractivity contribution < 1.29 is 0 Å². The molecule has 0 aliphatic heterocycles. The highest BCUT2D eigenvalue weighted by Gasteiger charge is 2.09. The van der Waals surface area contributed by atoms with Gasteiger partial charge in [0.1, 0.15) is 4.32 Å². The van der Waals surface area contributed by atoms with Gasteiger partial charge in [-0.05, 0) is 12.0 Å². The Morgan fingerprint density at radius 2 is 2.05 bits per heavy atom. The number of nitrogens with zero attached hydrogens (tertiary/aromatic N) is 2. The lowest BCUT2D eigenvalue weighted by Crippen LogP contribution is -2.29. The van der Waals surface area contributed by atoms with Gasteiger partial charge >= 0.3 is 0 Å². The van der Waals surface area contributed by atoms with Crippen LogP contribution in [0.15, 0.2) is 30.3 Å². The van der Waals surface area contributed by atoms with Crippen molar-refractivity contribution in [3.05, 3.63) is 35.9 Å². The maximum absolute atomic E-state index is 8.70. The molecule has 0 N–H and O–H groups in total. The lowest BCUT2D eigenvalue weighted by Gasteiger charge is -2.23. The first kappa shape index (κ1) is 16.0. The standard InChI is InChI=1S/C15H20N2S2/c1-2-3-11-17(12-7-10-16)15(18)19-13-14-8-5-4-6-9-14/h4-6,8-9H,2-3,7,11-13H2,1H3. The SMILES string of the molecule is CCCCN(CCC#N)C(=S)SCc1ccccc1. The highest BCUT2D eigenvalue weighted by atomic mass is 32.2. The number of rotatable bonds is 7. The van der Waals surface area contributed by atoms with Gasteiger partial charge in [0, 0.05) is 18.8 Å². The van der Waals surface area contributed by atoms with E-state index in [0.29, 0.717) is 6.42 Å². The monoisotopic (exact) mass is 292 g/mol. The summed E-state index contributed by atoms with van der Waals surface area (Å²) in [5.41, 5.74) is 1.28. The first-order valence-electron chi connectivity index (χ1n) is 6.60. The molecule has 0 saturated carbocycles. The maximum atomic E-state index is 8.70. The third-order valence-electron chi connectivity index (χ3n) is 2.74. The molecule has 0 unspecified atom stereocenters. The molecule has 0 radical (unpaired) electrons. The van der Waals surface area contributed by atoms with Gasteiger partial charge in [0.2, 0.25) is 0 Å². The zero-order valence-electron chi connectivity index (χ0n) is 11.3. The molecule has 19 heavy (non-hydrogen) atoms. The lowest BCUT2D eigenvalue weighted by atomic mass is 10.2. The molecule has 0 aromatic heterocycles. The Balaban J connectivity index is 2.44. The van der Waals surface area contributed by atoms with Gasteiger partial charge in [0.25, 0.3) is 0 Å². The van der Waals surface area contributed by atoms with Gasteiger partial charge in [-0.15, -0.1) is 0 Å². The molecule has 1 aromatic rings. The Kier molecular flexibility index (Phi) is 8.28. The van der Waals surface area contributed by atoms with Gasteiger partial charge in [-0.2, -0.15) is 5.26 Å². The minimum Gasteiger partial charge on any atom is -0.356 e. The molecule has 0 saturated heterocycles. The topological polar surface area (TPSA) is 27.0 Å². The van der Waals surface area contributed by atoms with Crippen LogP contribution in [0.2, 0.25) is 0 Å². The summed E-state index contributed by atoms with van der Waals surface area (Å²) in [6.45, 7) is 3.87. The second kappa shape index (κ2) is 9.82. The summed E-state index contributed by atoms with van der Waals surface area (Å²) in [7, 11) is 0. The molecule has 0 amide bonds.